The minimum absolute atomic E-state index is 0.189. The summed E-state index contributed by atoms with van der Waals surface area (Å²) in [4.78, 5) is 9.26. The molecule has 0 amide bonds. The van der Waals surface area contributed by atoms with Crippen LogP contribution in [0.1, 0.15) is 56.7 Å². The molecule has 0 saturated carbocycles. The van der Waals surface area contributed by atoms with E-state index in [0.717, 1.165) is 25.0 Å². The van der Waals surface area contributed by atoms with Crippen LogP contribution in [0.5, 0.6) is 0 Å². The predicted molar refractivity (Wildman–Crippen MR) is 86.4 cm³/mol. The van der Waals surface area contributed by atoms with E-state index in [1.165, 1.54) is 17.5 Å². The van der Waals surface area contributed by atoms with E-state index in [-0.39, 0.29) is 5.41 Å². The summed E-state index contributed by atoms with van der Waals surface area (Å²) in [5, 5.41) is 0. The van der Waals surface area contributed by atoms with Crippen LogP contribution < -0.4 is 0 Å². The van der Waals surface area contributed by atoms with Gasteiger partial charge in [0.05, 0.1) is 11.7 Å². The molecule has 2 heteroatoms. The third kappa shape index (κ3) is 2.90. The van der Waals surface area contributed by atoms with Crippen LogP contribution in [0.25, 0.3) is 5.70 Å². The molecule has 20 heavy (non-hydrogen) atoms. The summed E-state index contributed by atoms with van der Waals surface area (Å²) in [5.41, 5.74) is 3.83. The summed E-state index contributed by atoms with van der Waals surface area (Å²) in [6, 6.07) is 9.07. The van der Waals surface area contributed by atoms with Crippen molar-refractivity contribution < 1.29 is 0 Å². The molecule has 0 aliphatic carbocycles. The summed E-state index contributed by atoms with van der Waals surface area (Å²) >= 11 is 0. The molecular weight excluding hydrogens is 244 g/mol. The van der Waals surface area contributed by atoms with Crippen molar-refractivity contribution in [1.29, 1.82) is 0 Å². The number of benzene rings is 1. The van der Waals surface area contributed by atoms with Gasteiger partial charge < -0.3 is 0 Å². The smallest absolute Gasteiger partial charge is 0.0745 e. The van der Waals surface area contributed by atoms with E-state index in [1.807, 2.05) is 0 Å². The Kier molecular flexibility index (Phi) is 3.56. The Balaban J connectivity index is 1.85. The lowest BCUT2D eigenvalue weighted by Gasteiger charge is -2.22. The Bertz CT molecular complexity index is 579. The Labute approximate surface area is 121 Å². The monoisotopic (exact) mass is 266 g/mol. The van der Waals surface area contributed by atoms with E-state index < -0.39 is 0 Å². The zero-order valence-corrected chi connectivity index (χ0v) is 12.3. The highest BCUT2D eigenvalue weighted by molar-refractivity contribution is 5.79. The predicted octanol–water partition coefficient (Wildman–Crippen LogP) is 4.82. The van der Waals surface area contributed by atoms with E-state index in [1.54, 1.807) is 0 Å². The van der Waals surface area contributed by atoms with Crippen molar-refractivity contribution >= 4 is 18.1 Å². The molecule has 2 heterocycles. The molecule has 0 fully saturated rings. The molecule has 104 valence electrons. The molecule has 0 radical (unpaired) electrons. The molecule has 1 aromatic rings. The van der Waals surface area contributed by atoms with Crippen LogP contribution in [0.3, 0.4) is 0 Å². The number of hydrogen-bond donors (Lipinski definition) is 0. The topological polar surface area (TPSA) is 24.7 Å². The summed E-state index contributed by atoms with van der Waals surface area (Å²) < 4.78 is 0. The van der Waals surface area contributed by atoms with Crippen LogP contribution in [-0.4, -0.2) is 12.4 Å². The first-order valence-corrected chi connectivity index (χ1v) is 7.51. The van der Waals surface area contributed by atoms with Crippen molar-refractivity contribution in [3.05, 3.63) is 41.5 Å². The maximum absolute atomic E-state index is 4.64. The molecule has 2 aliphatic rings. The molecule has 0 aromatic heterocycles. The Hall–Kier alpha value is -1.70. The second kappa shape index (κ2) is 5.35. The van der Waals surface area contributed by atoms with Gasteiger partial charge in [0.25, 0.3) is 0 Å². The first-order chi connectivity index (χ1) is 9.64. The Morgan fingerprint density at radius 2 is 2.15 bits per heavy atom. The first-order valence-electron chi connectivity index (χ1n) is 7.51. The molecule has 0 spiro atoms. The van der Waals surface area contributed by atoms with Gasteiger partial charge >= 0.3 is 0 Å². The van der Waals surface area contributed by atoms with E-state index in [2.05, 4.69) is 66.6 Å². The molecule has 2 nitrogen and oxygen atoms in total. The largest absolute Gasteiger partial charge is 0.289 e. The normalized spacial score (nSPS) is 24.5. The lowest BCUT2D eigenvalue weighted by Crippen LogP contribution is -2.14. The minimum atomic E-state index is 0.189. The molecule has 0 bridgehead atoms. The van der Waals surface area contributed by atoms with Gasteiger partial charge in [0.2, 0.25) is 0 Å². The molecule has 0 N–H and O–H groups in total. The van der Waals surface area contributed by atoms with Gasteiger partial charge in [-0.25, -0.2) is 0 Å². The molecule has 1 aromatic carbocycles. The molecule has 3 rings (SSSR count). The van der Waals surface area contributed by atoms with E-state index in [4.69, 9.17) is 0 Å². The van der Waals surface area contributed by atoms with Gasteiger partial charge in [0.1, 0.15) is 0 Å². The summed E-state index contributed by atoms with van der Waals surface area (Å²) in [5.74, 6) is 0. The summed E-state index contributed by atoms with van der Waals surface area (Å²) in [6.07, 6.45) is 11.0. The molecule has 1 unspecified atom stereocenters. The quantitative estimate of drug-likeness (QED) is 0.733. The highest BCUT2D eigenvalue weighted by atomic mass is 14.8. The van der Waals surface area contributed by atoms with Crippen molar-refractivity contribution in [1.82, 2.24) is 0 Å². The zero-order chi connectivity index (χ0) is 14.0. The second-order valence-corrected chi connectivity index (χ2v) is 6.44. The molecular formula is C18H22N2. The summed E-state index contributed by atoms with van der Waals surface area (Å²) in [6.45, 7) is 4.44. The van der Waals surface area contributed by atoms with Crippen LogP contribution >= 0.6 is 0 Å². The van der Waals surface area contributed by atoms with Gasteiger partial charge in [-0.05, 0) is 43.5 Å². The molecule has 1 atom stereocenters. The first kappa shape index (κ1) is 13.3. The molecule has 0 saturated heterocycles. The fourth-order valence-corrected chi connectivity index (χ4v) is 2.74. The van der Waals surface area contributed by atoms with E-state index in [0.29, 0.717) is 6.04 Å². The molecule has 2 aliphatic heterocycles. The van der Waals surface area contributed by atoms with Crippen LogP contribution in [0.2, 0.25) is 0 Å². The van der Waals surface area contributed by atoms with Gasteiger partial charge in [-0.3, -0.25) is 9.98 Å². The Morgan fingerprint density at radius 1 is 1.25 bits per heavy atom. The SMILES string of the molecule is CC1(C)C=NC(c2cccc(C3CCCC=N3)c2)=CC1. The average molecular weight is 266 g/mol. The van der Waals surface area contributed by atoms with Crippen LogP contribution in [0, 0.1) is 5.41 Å². The van der Waals surface area contributed by atoms with Gasteiger partial charge in [0.15, 0.2) is 0 Å². The maximum atomic E-state index is 4.64. The van der Waals surface area contributed by atoms with Crippen molar-refractivity contribution in [2.45, 2.75) is 45.6 Å². The zero-order valence-electron chi connectivity index (χ0n) is 12.3. The lowest BCUT2D eigenvalue weighted by atomic mass is 9.88. The third-order valence-corrected chi connectivity index (χ3v) is 4.04. The second-order valence-electron chi connectivity index (χ2n) is 6.44. The number of hydrogen-bond acceptors (Lipinski definition) is 2. The number of nitrogens with zero attached hydrogens (tertiary/aromatic N) is 2. The lowest BCUT2D eigenvalue weighted by molar-refractivity contribution is 0.541. The highest BCUT2D eigenvalue weighted by Gasteiger charge is 2.19. The van der Waals surface area contributed by atoms with Gasteiger partial charge in [-0.1, -0.05) is 38.1 Å². The third-order valence-electron chi connectivity index (χ3n) is 4.04. The fourth-order valence-electron chi connectivity index (χ4n) is 2.74. The van der Waals surface area contributed by atoms with Crippen molar-refractivity contribution in [3.63, 3.8) is 0 Å². The number of aliphatic imine (C=N–C) groups is 2. The van der Waals surface area contributed by atoms with Crippen LogP contribution in [-0.2, 0) is 0 Å². The van der Waals surface area contributed by atoms with Crippen molar-refractivity contribution in [2.75, 3.05) is 0 Å². The van der Waals surface area contributed by atoms with Crippen LogP contribution in [0.4, 0.5) is 0 Å². The van der Waals surface area contributed by atoms with E-state index >= 15 is 0 Å². The highest BCUT2D eigenvalue weighted by Crippen LogP contribution is 2.31. The summed E-state index contributed by atoms with van der Waals surface area (Å²) in [7, 11) is 0. The van der Waals surface area contributed by atoms with Gasteiger partial charge in [0, 0.05) is 17.2 Å². The fraction of sp³-hybridized carbons (Fsp3) is 0.444. The Morgan fingerprint density at radius 3 is 2.85 bits per heavy atom. The minimum Gasteiger partial charge on any atom is -0.289 e. The van der Waals surface area contributed by atoms with E-state index in [9.17, 15) is 0 Å². The average Bonchev–Trinajstić information content (AvgIpc) is 2.48. The van der Waals surface area contributed by atoms with Gasteiger partial charge in [-0.15, -0.1) is 0 Å². The maximum Gasteiger partial charge on any atom is 0.0745 e. The van der Waals surface area contributed by atoms with Crippen molar-refractivity contribution in [3.8, 4) is 0 Å². The number of rotatable bonds is 2. The van der Waals surface area contributed by atoms with Gasteiger partial charge in [-0.2, -0.15) is 0 Å². The number of allylic oxidation sites excluding steroid dienone is 1. The van der Waals surface area contributed by atoms with Crippen molar-refractivity contribution in [2.24, 2.45) is 15.4 Å². The van der Waals surface area contributed by atoms with Crippen LogP contribution in [0.15, 0.2) is 40.3 Å². The standard InChI is InChI=1S/C18H22N2/c1-18(2)10-9-17(20-13-18)15-7-5-6-14(12-15)16-8-3-4-11-19-16/h5-7,9,11-13,16H,3-4,8,10H2,1-2H3.